The molecule has 0 bridgehead atoms. The molecule has 0 saturated carbocycles. The first-order valence-corrected chi connectivity index (χ1v) is 9.77. The van der Waals surface area contributed by atoms with E-state index in [4.69, 9.17) is 0 Å². The van der Waals surface area contributed by atoms with Gasteiger partial charge in [-0.15, -0.1) is 0 Å². The molecule has 0 atom stereocenters. The molecule has 1 N–H and O–H groups in total. The summed E-state index contributed by atoms with van der Waals surface area (Å²) in [6.45, 7) is 13.0. The number of hydrogen-bond donors (Lipinski definition) is 1. The first kappa shape index (κ1) is 16.6. The van der Waals surface area contributed by atoms with Gasteiger partial charge in [-0.2, -0.15) is 0 Å². The van der Waals surface area contributed by atoms with Crippen molar-refractivity contribution in [2.45, 2.75) is 52.4 Å². The molecule has 0 unspecified atom stereocenters. The van der Waals surface area contributed by atoms with Gasteiger partial charge in [-0.25, -0.2) is 0 Å². The van der Waals surface area contributed by atoms with Gasteiger partial charge in [0.05, 0.1) is 0 Å². The Labute approximate surface area is 138 Å². The second-order valence-corrected chi connectivity index (χ2v) is 11.3. The summed E-state index contributed by atoms with van der Waals surface area (Å²) in [7, 11) is 0. The van der Waals surface area contributed by atoms with Gasteiger partial charge in [0, 0.05) is 0 Å². The van der Waals surface area contributed by atoms with Crippen molar-refractivity contribution in [3.63, 3.8) is 0 Å². The van der Waals surface area contributed by atoms with E-state index in [1.54, 1.807) is 0 Å². The first-order valence-electron chi connectivity index (χ1n) is 7.18. The zero-order valence-electron chi connectivity index (χ0n) is 13.7. The Balaban J connectivity index is 2.56. The summed E-state index contributed by atoms with van der Waals surface area (Å²) in [4.78, 5) is 0. The van der Waals surface area contributed by atoms with E-state index in [0.29, 0.717) is 20.7 Å². The van der Waals surface area contributed by atoms with Crippen LogP contribution in [0.5, 0.6) is 5.75 Å². The quantitative estimate of drug-likeness (QED) is 0.803. The Kier molecular flexibility index (Phi) is 4.58. The van der Waals surface area contributed by atoms with E-state index >= 15 is 0 Å². The molecular formula is C18H24OSSe. The molecule has 114 valence electrons. The van der Waals surface area contributed by atoms with E-state index in [0.717, 1.165) is 11.1 Å². The minimum atomic E-state index is -0.0500. The van der Waals surface area contributed by atoms with Crippen molar-refractivity contribution in [3.8, 4) is 5.75 Å². The molecule has 1 heterocycles. The van der Waals surface area contributed by atoms with E-state index < -0.39 is 0 Å². The van der Waals surface area contributed by atoms with Gasteiger partial charge in [0.2, 0.25) is 0 Å². The van der Waals surface area contributed by atoms with E-state index in [1.807, 2.05) is 11.3 Å². The topological polar surface area (TPSA) is 20.2 Å². The summed E-state index contributed by atoms with van der Waals surface area (Å²) in [6.07, 6.45) is 0. The van der Waals surface area contributed by atoms with E-state index in [-0.39, 0.29) is 10.8 Å². The second-order valence-electron chi connectivity index (χ2n) is 7.40. The molecule has 2 rings (SSSR count). The van der Waals surface area contributed by atoms with E-state index in [9.17, 15) is 5.11 Å². The molecule has 0 aliphatic rings. The van der Waals surface area contributed by atoms with Crippen molar-refractivity contribution in [3.05, 3.63) is 40.8 Å². The molecule has 2 aromatic rings. The first-order chi connectivity index (χ1) is 9.59. The zero-order chi connectivity index (χ0) is 15.8. The number of thiophene rings is 1. The summed E-state index contributed by atoms with van der Waals surface area (Å²) in [5.41, 5.74) is 2.02. The molecule has 1 nitrogen and oxygen atoms in total. The van der Waals surface area contributed by atoms with Crippen LogP contribution in [0.15, 0.2) is 29.6 Å². The molecule has 1 aromatic heterocycles. The Morgan fingerprint density at radius 2 is 1.48 bits per heavy atom. The SMILES string of the molecule is CC(C)(C)c1cc([Se]c2cccs2)cc(C(C)(C)C)c1O. The van der Waals surface area contributed by atoms with E-state index in [1.165, 1.54) is 8.24 Å². The summed E-state index contributed by atoms with van der Waals surface area (Å²) in [5, 5.41) is 12.9. The van der Waals surface area contributed by atoms with Crippen molar-refractivity contribution in [1.82, 2.24) is 0 Å². The molecule has 0 fully saturated rings. The fraction of sp³-hybridized carbons (Fsp3) is 0.444. The van der Waals surface area contributed by atoms with Gasteiger partial charge in [0.25, 0.3) is 0 Å². The molecule has 0 aliphatic heterocycles. The Morgan fingerprint density at radius 1 is 0.952 bits per heavy atom. The molecule has 0 saturated heterocycles. The van der Waals surface area contributed by atoms with Crippen LogP contribution >= 0.6 is 11.3 Å². The minimum absolute atomic E-state index is 0.0500. The van der Waals surface area contributed by atoms with E-state index in [2.05, 4.69) is 71.2 Å². The summed E-state index contributed by atoms with van der Waals surface area (Å²) in [5.74, 6) is 0.473. The normalized spacial score (nSPS) is 12.7. The third-order valence-electron chi connectivity index (χ3n) is 3.41. The maximum absolute atomic E-state index is 10.7. The van der Waals surface area contributed by atoms with Gasteiger partial charge in [0.1, 0.15) is 0 Å². The second kappa shape index (κ2) is 5.79. The van der Waals surface area contributed by atoms with Crippen LogP contribution < -0.4 is 8.24 Å². The average molecular weight is 367 g/mol. The third-order valence-corrected chi connectivity index (χ3v) is 6.81. The van der Waals surface area contributed by atoms with Crippen molar-refractivity contribution < 1.29 is 5.11 Å². The van der Waals surface area contributed by atoms with Crippen LogP contribution in [-0.4, -0.2) is 20.1 Å². The van der Waals surface area contributed by atoms with Gasteiger partial charge < -0.3 is 0 Å². The number of benzene rings is 1. The molecular weight excluding hydrogens is 343 g/mol. The Bertz CT molecular complexity index is 581. The van der Waals surface area contributed by atoms with Crippen LogP contribution in [0.3, 0.4) is 0 Å². The Hall–Kier alpha value is -0.761. The fourth-order valence-electron chi connectivity index (χ4n) is 2.25. The standard InChI is InChI=1S/C18H24OSSe/c1-17(2,3)13-10-12(21-15-8-7-9-20-15)11-14(16(13)19)18(4,5)6/h7-11,19H,1-6H3. The van der Waals surface area contributed by atoms with Crippen LogP contribution in [0.1, 0.15) is 52.7 Å². The number of phenolic OH excluding ortho intramolecular Hbond substituents is 1. The van der Waals surface area contributed by atoms with Crippen molar-refractivity contribution in [1.29, 1.82) is 0 Å². The maximum atomic E-state index is 10.7. The van der Waals surface area contributed by atoms with Crippen LogP contribution in [0.4, 0.5) is 0 Å². The number of rotatable bonds is 2. The molecule has 1 aromatic carbocycles. The van der Waals surface area contributed by atoms with Crippen LogP contribution in [0.2, 0.25) is 0 Å². The van der Waals surface area contributed by atoms with Crippen molar-refractivity contribution in [2.75, 3.05) is 0 Å². The predicted molar refractivity (Wildman–Crippen MR) is 94.8 cm³/mol. The zero-order valence-corrected chi connectivity index (χ0v) is 16.2. The number of phenols is 1. The average Bonchev–Trinajstić information content (AvgIpc) is 2.81. The summed E-state index contributed by atoms with van der Waals surface area (Å²) in [6, 6.07) is 8.71. The molecule has 0 radical (unpaired) electrons. The number of hydrogen-bond acceptors (Lipinski definition) is 2. The summed E-state index contributed by atoms with van der Waals surface area (Å²) >= 11 is 2.12. The molecule has 0 amide bonds. The Morgan fingerprint density at radius 3 is 1.86 bits per heavy atom. The van der Waals surface area contributed by atoms with Gasteiger partial charge in [-0.3, -0.25) is 0 Å². The van der Waals surface area contributed by atoms with Gasteiger partial charge in [0.15, 0.2) is 0 Å². The van der Waals surface area contributed by atoms with Crippen LogP contribution in [0.25, 0.3) is 0 Å². The molecule has 0 aliphatic carbocycles. The van der Waals surface area contributed by atoms with Gasteiger partial charge in [-0.1, -0.05) is 0 Å². The van der Waals surface area contributed by atoms with Gasteiger partial charge >= 0.3 is 139 Å². The molecule has 3 heteroatoms. The monoisotopic (exact) mass is 368 g/mol. The molecule has 0 spiro atoms. The van der Waals surface area contributed by atoms with Gasteiger partial charge in [-0.05, 0) is 0 Å². The number of aromatic hydroxyl groups is 1. The fourth-order valence-corrected chi connectivity index (χ4v) is 5.43. The van der Waals surface area contributed by atoms with Crippen LogP contribution in [-0.2, 0) is 10.8 Å². The summed E-state index contributed by atoms with van der Waals surface area (Å²) < 4.78 is 2.77. The van der Waals surface area contributed by atoms with Crippen LogP contribution in [0, 0.1) is 0 Å². The third kappa shape index (κ3) is 3.91. The van der Waals surface area contributed by atoms with Crippen molar-refractivity contribution >= 4 is 34.5 Å². The molecule has 21 heavy (non-hydrogen) atoms. The predicted octanol–water partition coefficient (Wildman–Crippen LogP) is 3.70. The van der Waals surface area contributed by atoms with Crippen molar-refractivity contribution in [2.24, 2.45) is 0 Å².